The third-order valence-electron chi connectivity index (χ3n) is 0.709. The van der Waals surface area contributed by atoms with Gasteiger partial charge in [0.05, 0.1) is 0 Å². The number of hydrogen-bond acceptors (Lipinski definition) is 0. The van der Waals surface area contributed by atoms with Gasteiger partial charge in [-0.3, -0.25) is 0 Å². The average molecular weight is 147 g/mol. The lowest BCUT2D eigenvalue weighted by Gasteiger charge is -1.90. The van der Waals surface area contributed by atoms with Gasteiger partial charge < -0.3 is 0 Å². The lowest BCUT2D eigenvalue weighted by molar-refractivity contribution is 1.93. The molecule has 0 saturated heterocycles. The van der Waals surface area contributed by atoms with Crippen LogP contribution in [0.4, 0.5) is 0 Å². The second-order valence-corrected chi connectivity index (χ2v) is 2.86. The third kappa shape index (κ3) is 4.09. The summed E-state index contributed by atoms with van der Waals surface area (Å²) in [4.78, 5) is 0. The minimum absolute atomic E-state index is 0.507. The molecule has 0 aromatic rings. The highest BCUT2D eigenvalue weighted by molar-refractivity contribution is 7.94. The van der Waals surface area contributed by atoms with Gasteiger partial charge in [0.15, 0.2) is 0 Å². The molecule has 1 unspecified atom stereocenters. The third-order valence-corrected chi connectivity index (χ3v) is 1.84. The van der Waals surface area contributed by atoms with Gasteiger partial charge in [-0.15, -0.1) is 18.3 Å². The highest BCUT2D eigenvalue weighted by Crippen LogP contribution is 2.27. The van der Waals surface area contributed by atoms with Gasteiger partial charge in [0.25, 0.3) is 6.96 Å². The molecule has 0 aliphatic carbocycles. The molecule has 0 aliphatic heterocycles. The van der Waals surface area contributed by atoms with E-state index < -0.39 is 14.8 Å². The van der Waals surface area contributed by atoms with Crippen molar-refractivity contribution >= 4 is 14.8 Å². The molecule has 0 spiro atoms. The summed E-state index contributed by atoms with van der Waals surface area (Å²) in [5.74, 6) is 8.04. The van der Waals surface area contributed by atoms with Gasteiger partial charge in [-0.05, 0) is 13.8 Å². The Bertz CT molecular complexity index is 270. The van der Waals surface area contributed by atoms with E-state index in [1.54, 1.807) is 13.8 Å². The van der Waals surface area contributed by atoms with Crippen LogP contribution in [0, 0.1) is 35.4 Å². The fraction of sp³-hybridized carbons (Fsp3) is 0.250. The van der Waals surface area contributed by atoms with Gasteiger partial charge in [-0.25, -0.2) is 0 Å². The van der Waals surface area contributed by atoms with E-state index in [2.05, 4.69) is 29.0 Å². The number of terminal acetylenes is 1. The molecule has 1 atom stereocenters. The molecule has 0 radical (unpaired) electrons. The Morgan fingerprint density at radius 1 is 1.50 bits per heavy atom. The first kappa shape index (κ1) is 7.28. The predicted molar refractivity (Wildman–Crippen MR) is 49.8 cm³/mol. The van der Waals surface area contributed by atoms with Gasteiger partial charge in [-0.2, -0.15) is 5.82 Å². The van der Waals surface area contributed by atoms with Crippen LogP contribution in [0.15, 0.2) is 0 Å². The predicted octanol–water partition coefficient (Wildman–Crippen LogP) is 1.37. The minimum Gasteiger partial charge on any atom is -0.151 e. The van der Waals surface area contributed by atoms with Gasteiger partial charge in [0.1, 0.15) is 0 Å². The summed E-state index contributed by atoms with van der Waals surface area (Å²) in [5, 5.41) is 0. The van der Waals surface area contributed by atoms with Crippen LogP contribution in [0.2, 0.25) is 0 Å². The maximum atomic E-state index is 7.44. The van der Waals surface area contributed by atoms with Gasteiger partial charge in [-0.1, -0.05) is 11.3 Å². The van der Waals surface area contributed by atoms with Crippen molar-refractivity contribution in [1.82, 2.24) is 0 Å². The maximum Gasteiger partial charge on any atom is 0.271 e. The van der Waals surface area contributed by atoms with Crippen LogP contribution in [0.25, 0.3) is 0 Å². The standard InChI is InChI=1S/C8H8BP/c1-4-7-9-10(6-3)8-5-2/h3,9H,1-2H3/i9D. The van der Waals surface area contributed by atoms with Crippen molar-refractivity contribution in [1.29, 1.82) is 1.34 Å². The minimum atomic E-state index is -0.966. The Kier molecular flexibility index (Phi) is 4.59. The summed E-state index contributed by atoms with van der Waals surface area (Å²) in [5.41, 5.74) is 5.29. The SMILES string of the molecule is [2H]B(C#CC)P(C#C)C#CC. The zero-order chi connectivity index (χ0) is 8.69. The van der Waals surface area contributed by atoms with E-state index in [-0.39, 0.29) is 0 Å². The molecule has 0 N–H and O–H groups in total. The molecule has 0 nitrogen and oxygen atoms in total. The van der Waals surface area contributed by atoms with Crippen molar-refractivity contribution < 1.29 is 0 Å². The molecule has 0 saturated carbocycles. The van der Waals surface area contributed by atoms with Crippen molar-refractivity contribution in [3.8, 4) is 35.4 Å². The molecule has 0 aromatic carbocycles. The van der Waals surface area contributed by atoms with Gasteiger partial charge >= 0.3 is 0 Å². The quantitative estimate of drug-likeness (QED) is 0.298. The summed E-state index contributed by atoms with van der Waals surface area (Å²) in [6.45, 7) is 2.91. The highest BCUT2D eigenvalue weighted by Gasteiger charge is 1.97. The molecular weight excluding hydrogens is 138 g/mol. The molecule has 0 rings (SSSR count). The fourth-order valence-electron chi connectivity index (χ4n) is 0.351. The Morgan fingerprint density at radius 3 is 2.60 bits per heavy atom. The Labute approximate surface area is 66.1 Å². The van der Waals surface area contributed by atoms with E-state index in [9.17, 15) is 0 Å². The second kappa shape index (κ2) is 6.30. The lowest BCUT2D eigenvalue weighted by Crippen LogP contribution is -1.78. The molecule has 0 aromatic heterocycles. The van der Waals surface area contributed by atoms with E-state index in [0.717, 1.165) is 0 Å². The van der Waals surface area contributed by atoms with Gasteiger partial charge in [0.2, 0.25) is 0 Å². The van der Waals surface area contributed by atoms with Crippen LogP contribution in [0.5, 0.6) is 0 Å². The molecule has 0 amide bonds. The smallest absolute Gasteiger partial charge is 0.151 e. The molecule has 0 heterocycles. The fourth-order valence-corrected chi connectivity index (χ4v) is 1.05. The zero-order valence-electron chi connectivity index (χ0n) is 7.10. The van der Waals surface area contributed by atoms with Crippen molar-refractivity contribution in [2.45, 2.75) is 13.8 Å². The molecule has 0 bridgehead atoms. The topological polar surface area (TPSA) is 0 Å². The van der Waals surface area contributed by atoms with Crippen molar-refractivity contribution in [3.63, 3.8) is 0 Å². The highest BCUT2D eigenvalue weighted by atomic mass is 31.1. The van der Waals surface area contributed by atoms with E-state index in [1.807, 2.05) is 0 Å². The normalized spacial score (nSPS) is 10.3. The van der Waals surface area contributed by atoms with E-state index in [0.29, 0.717) is 0 Å². The van der Waals surface area contributed by atoms with E-state index in [1.165, 1.54) is 0 Å². The maximum absolute atomic E-state index is 7.44. The summed E-state index contributed by atoms with van der Waals surface area (Å²) >= 11 is 0. The van der Waals surface area contributed by atoms with Crippen LogP contribution >= 0.6 is 7.80 Å². The molecule has 0 aliphatic rings. The largest absolute Gasteiger partial charge is 0.271 e. The first-order chi connectivity index (χ1) is 5.26. The summed E-state index contributed by atoms with van der Waals surface area (Å²) in [7, 11) is -0.966. The molecular formula is C8H8BP. The van der Waals surface area contributed by atoms with Crippen molar-refractivity contribution in [3.05, 3.63) is 0 Å². The monoisotopic (exact) mass is 147 g/mol. The van der Waals surface area contributed by atoms with E-state index >= 15 is 0 Å². The van der Waals surface area contributed by atoms with Gasteiger partial charge in [0, 0.05) is 9.14 Å². The van der Waals surface area contributed by atoms with E-state index in [4.69, 9.17) is 7.76 Å². The molecule has 2 heteroatoms. The molecule has 0 fully saturated rings. The lowest BCUT2D eigenvalue weighted by atomic mass is 10.1. The zero-order valence-corrected chi connectivity index (χ0v) is 7.00. The average Bonchev–Trinajstić information content (AvgIpc) is 2.00. The Hall–Kier alpha value is -0.825. The number of rotatable bonds is 1. The van der Waals surface area contributed by atoms with Crippen LogP contribution in [0.1, 0.15) is 13.8 Å². The van der Waals surface area contributed by atoms with Crippen LogP contribution < -0.4 is 0 Å². The van der Waals surface area contributed by atoms with Crippen molar-refractivity contribution in [2.75, 3.05) is 0 Å². The first-order valence-electron chi connectivity index (χ1n) is 3.36. The van der Waals surface area contributed by atoms with Crippen LogP contribution in [-0.4, -0.2) is 8.30 Å². The van der Waals surface area contributed by atoms with Crippen LogP contribution in [-0.2, 0) is 0 Å². The first-order valence-corrected chi connectivity index (χ1v) is 4.19. The number of hydrogen-bond donors (Lipinski definition) is 0. The summed E-state index contributed by atoms with van der Waals surface area (Å²) in [6, 6.07) is 0. The molecule has 10 heavy (non-hydrogen) atoms. The Morgan fingerprint density at radius 2 is 2.20 bits per heavy atom. The summed E-state index contributed by atoms with van der Waals surface area (Å²) in [6.07, 6.45) is 5.18. The van der Waals surface area contributed by atoms with Crippen LogP contribution in [0.3, 0.4) is 0 Å². The van der Waals surface area contributed by atoms with Crippen molar-refractivity contribution in [2.24, 2.45) is 0 Å². The Balaban J connectivity index is 4.33. The summed E-state index contributed by atoms with van der Waals surface area (Å²) < 4.78 is 7.44. The molecule has 48 valence electrons. The second-order valence-electron chi connectivity index (χ2n) is 1.38.